The molecule has 32 heavy (non-hydrogen) atoms. The van der Waals surface area contributed by atoms with Gasteiger partial charge >= 0.3 is 0 Å². The summed E-state index contributed by atoms with van der Waals surface area (Å²) in [7, 11) is 1.51. The van der Waals surface area contributed by atoms with E-state index in [0.717, 1.165) is 22.7 Å². The average molecular weight is 450 g/mol. The summed E-state index contributed by atoms with van der Waals surface area (Å²) < 4.78 is 28.6. The molecule has 0 saturated heterocycles. The number of benzene rings is 3. The van der Waals surface area contributed by atoms with Crippen LogP contribution in [0.1, 0.15) is 27.3 Å². The lowest BCUT2D eigenvalue weighted by Crippen LogP contribution is -2.22. The summed E-state index contributed by atoms with van der Waals surface area (Å²) >= 11 is 1.11. The van der Waals surface area contributed by atoms with Crippen LogP contribution in [0.15, 0.2) is 72.8 Å². The van der Waals surface area contributed by atoms with Gasteiger partial charge in [-0.1, -0.05) is 42.5 Å². The number of rotatable bonds is 8. The van der Waals surface area contributed by atoms with Crippen molar-refractivity contribution in [1.82, 2.24) is 14.7 Å². The van der Waals surface area contributed by atoms with Crippen LogP contribution < -0.4 is 14.8 Å². The fourth-order valence-corrected chi connectivity index (χ4v) is 3.57. The zero-order chi connectivity index (χ0) is 22.3. The molecular weight excluding hydrogens is 429 g/mol. The van der Waals surface area contributed by atoms with Crippen molar-refractivity contribution in [2.24, 2.45) is 0 Å². The average Bonchev–Trinajstić information content (AvgIpc) is 3.26. The lowest BCUT2D eigenvalue weighted by molar-refractivity contribution is 0.0950. The second-order valence-electron chi connectivity index (χ2n) is 6.92. The Kier molecular flexibility index (Phi) is 6.72. The standard InChI is InChI=1S/C24H20FN3O3S/c1-30-21-14-18(23(29)26-15-17-5-3-2-4-6-17)9-12-20(21)31-24-27-22(28-32-24)13-16-7-10-19(25)11-8-16/h2-12,14H,13,15H2,1H3,(H,26,29). The van der Waals surface area contributed by atoms with E-state index in [4.69, 9.17) is 9.47 Å². The number of carbonyl (C=O) groups is 1. The van der Waals surface area contributed by atoms with Gasteiger partial charge in [0.05, 0.1) is 7.11 Å². The number of carbonyl (C=O) groups excluding carboxylic acids is 1. The molecule has 0 aliphatic rings. The third kappa shape index (κ3) is 5.47. The molecule has 1 amide bonds. The molecule has 4 rings (SSSR count). The van der Waals surface area contributed by atoms with Crippen LogP contribution in [-0.2, 0) is 13.0 Å². The second-order valence-corrected chi connectivity index (χ2v) is 7.63. The molecule has 6 nitrogen and oxygen atoms in total. The molecule has 0 unspecified atom stereocenters. The summed E-state index contributed by atoms with van der Waals surface area (Å²) in [4.78, 5) is 16.9. The van der Waals surface area contributed by atoms with Gasteiger partial charge in [-0.05, 0) is 41.5 Å². The molecule has 1 heterocycles. The molecule has 3 aromatic carbocycles. The number of nitrogens with zero attached hydrogens (tertiary/aromatic N) is 2. The molecule has 1 N–H and O–H groups in total. The number of nitrogens with one attached hydrogen (secondary N) is 1. The minimum atomic E-state index is -0.284. The van der Waals surface area contributed by atoms with Gasteiger partial charge in [-0.15, -0.1) is 0 Å². The van der Waals surface area contributed by atoms with E-state index in [1.807, 2.05) is 30.3 Å². The fourth-order valence-electron chi connectivity index (χ4n) is 3.00. The van der Waals surface area contributed by atoms with Gasteiger partial charge in [0.2, 0.25) is 0 Å². The molecule has 1 aromatic heterocycles. The van der Waals surface area contributed by atoms with Gasteiger partial charge in [0.15, 0.2) is 17.3 Å². The molecule has 8 heteroatoms. The Bertz CT molecular complexity index is 1200. The number of aromatic nitrogens is 2. The van der Waals surface area contributed by atoms with E-state index >= 15 is 0 Å². The van der Waals surface area contributed by atoms with Crippen LogP contribution in [0.5, 0.6) is 16.7 Å². The molecule has 4 aromatic rings. The Balaban J connectivity index is 1.41. The van der Waals surface area contributed by atoms with Gasteiger partial charge in [-0.2, -0.15) is 9.36 Å². The van der Waals surface area contributed by atoms with Crippen molar-refractivity contribution in [2.75, 3.05) is 7.11 Å². The smallest absolute Gasteiger partial charge is 0.298 e. The van der Waals surface area contributed by atoms with Gasteiger partial charge in [0.1, 0.15) is 5.82 Å². The Morgan fingerprint density at radius 3 is 2.53 bits per heavy atom. The summed E-state index contributed by atoms with van der Waals surface area (Å²) in [5.41, 5.74) is 2.37. The van der Waals surface area contributed by atoms with Crippen LogP contribution >= 0.6 is 11.5 Å². The molecule has 0 radical (unpaired) electrons. The number of hydrogen-bond donors (Lipinski definition) is 1. The van der Waals surface area contributed by atoms with Gasteiger partial charge in [0.25, 0.3) is 11.1 Å². The van der Waals surface area contributed by atoms with Gasteiger partial charge in [-0.3, -0.25) is 4.79 Å². The molecule has 0 spiro atoms. The normalized spacial score (nSPS) is 10.6. The maximum absolute atomic E-state index is 13.1. The van der Waals surface area contributed by atoms with Gasteiger partial charge < -0.3 is 14.8 Å². The summed E-state index contributed by atoms with van der Waals surface area (Å²) in [6.45, 7) is 0.432. The van der Waals surface area contributed by atoms with E-state index in [9.17, 15) is 9.18 Å². The maximum atomic E-state index is 13.1. The highest BCUT2D eigenvalue weighted by Gasteiger charge is 2.14. The minimum Gasteiger partial charge on any atom is -0.493 e. The Hall–Kier alpha value is -3.78. The van der Waals surface area contributed by atoms with Crippen LogP contribution in [0.25, 0.3) is 0 Å². The molecule has 0 fully saturated rings. The van der Waals surface area contributed by atoms with Crippen molar-refractivity contribution in [2.45, 2.75) is 13.0 Å². The van der Waals surface area contributed by atoms with Crippen molar-refractivity contribution >= 4 is 17.4 Å². The van der Waals surface area contributed by atoms with Gasteiger partial charge in [-0.25, -0.2) is 4.39 Å². The van der Waals surface area contributed by atoms with Crippen LogP contribution in [0.2, 0.25) is 0 Å². The van der Waals surface area contributed by atoms with Crippen LogP contribution in [0, 0.1) is 5.82 Å². The molecule has 0 bridgehead atoms. The Morgan fingerprint density at radius 2 is 1.78 bits per heavy atom. The van der Waals surface area contributed by atoms with Crippen molar-refractivity contribution < 1.29 is 18.7 Å². The highest BCUT2D eigenvalue weighted by molar-refractivity contribution is 7.07. The van der Waals surface area contributed by atoms with Crippen LogP contribution in [0.4, 0.5) is 4.39 Å². The van der Waals surface area contributed by atoms with E-state index < -0.39 is 0 Å². The summed E-state index contributed by atoms with van der Waals surface area (Å²) in [6, 6.07) is 20.8. The van der Waals surface area contributed by atoms with Crippen molar-refractivity contribution in [1.29, 1.82) is 0 Å². The highest BCUT2D eigenvalue weighted by atomic mass is 32.1. The number of ether oxygens (including phenoxy) is 2. The van der Waals surface area contributed by atoms with Crippen LogP contribution in [0.3, 0.4) is 0 Å². The minimum absolute atomic E-state index is 0.212. The monoisotopic (exact) mass is 449 g/mol. The van der Waals surface area contributed by atoms with Crippen LogP contribution in [-0.4, -0.2) is 22.4 Å². The predicted molar refractivity (Wildman–Crippen MR) is 120 cm³/mol. The van der Waals surface area contributed by atoms with E-state index in [-0.39, 0.29) is 11.7 Å². The lowest BCUT2D eigenvalue weighted by Gasteiger charge is -2.10. The predicted octanol–water partition coefficient (Wildman–Crippen LogP) is 5.00. The zero-order valence-corrected chi connectivity index (χ0v) is 18.1. The summed E-state index contributed by atoms with van der Waals surface area (Å²) in [5.74, 6) is 0.918. The van der Waals surface area contributed by atoms with E-state index in [1.54, 1.807) is 30.3 Å². The first-order valence-corrected chi connectivity index (χ1v) is 10.6. The fraction of sp³-hybridized carbons (Fsp3) is 0.125. The number of halogens is 1. The molecule has 0 saturated carbocycles. The number of hydrogen-bond acceptors (Lipinski definition) is 6. The van der Waals surface area contributed by atoms with E-state index in [0.29, 0.717) is 41.0 Å². The molecule has 0 aliphatic heterocycles. The van der Waals surface area contributed by atoms with Crippen molar-refractivity contribution in [3.05, 3.63) is 101 Å². The topological polar surface area (TPSA) is 73.3 Å². The van der Waals surface area contributed by atoms with Crippen molar-refractivity contribution in [3.63, 3.8) is 0 Å². The maximum Gasteiger partial charge on any atom is 0.298 e. The van der Waals surface area contributed by atoms with E-state index in [2.05, 4.69) is 14.7 Å². The molecule has 162 valence electrons. The number of amides is 1. The van der Waals surface area contributed by atoms with Gasteiger partial charge in [0, 0.05) is 30.1 Å². The molecule has 0 aliphatic carbocycles. The lowest BCUT2D eigenvalue weighted by atomic mass is 10.1. The largest absolute Gasteiger partial charge is 0.493 e. The van der Waals surface area contributed by atoms with Crippen molar-refractivity contribution in [3.8, 4) is 16.7 Å². The first-order valence-electron chi connectivity index (χ1n) is 9.86. The molecular formula is C24H20FN3O3S. The third-order valence-electron chi connectivity index (χ3n) is 4.64. The SMILES string of the molecule is COc1cc(C(=O)NCc2ccccc2)ccc1Oc1nc(Cc2ccc(F)cc2)ns1. The highest BCUT2D eigenvalue weighted by Crippen LogP contribution is 2.33. The number of methoxy groups -OCH3 is 1. The third-order valence-corrected chi connectivity index (χ3v) is 5.28. The molecule has 0 atom stereocenters. The Labute approximate surface area is 188 Å². The summed E-state index contributed by atoms with van der Waals surface area (Å²) in [6.07, 6.45) is 0.470. The van der Waals surface area contributed by atoms with E-state index in [1.165, 1.54) is 19.2 Å². The first kappa shape index (κ1) is 21.5. The first-order chi connectivity index (χ1) is 15.6. The quantitative estimate of drug-likeness (QED) is 0.410. The zero-order valence-electron chi connectivity index (χ0n) is 17.2. The Morgan fingerprint density at radius 1 is 1.00 bits per heavy atom. The summed E-state index contributed by atoms with van der Waals surface area (Å²) in [5, 5.41) is 3.24. The second kappa shape index (κ2) is 10.0.